The Bertz CT molecular complexity index is 484. The molecule has 1 nitrogen and oxygen atoms in total. The van der Waals surface area contributed by atoms with E-state index in [-0.39, 0.29) is 0 Å². The highest BCUT2D eigenvalue weighted by atomic mass is 16.5. The van der Waals surface area contributed by atoms with Crippen LogP contribution in [-0.4, -0.2) is 6.61 Å². The molecule has 0 aliphatic heterocycles. The Kier molecular flexibility index (Phi) is 13.2. The van der Waals surface area contributed by atoms with Gasteiger partial charge in [-0.05, 0) is 55.2 Å². The standard InChI is InChI=1S/C28H48O/c1-3-5-7-9-11-14-26-20-22-28(23-21-26)29-24-12-15-27-18-16-25(17-19-27)13-10-8-6-4-2/h20-23,25,27H,3-19,24H2,1-2H3. The number of hydrogen-bond donors (Lipinski definition) is 0. The van der Waals surface area contributed by atoms with Gasteiger partial charge in [-0.15, -0.1) is 0 Å². The van der Waals surface area contributed by atoms with Crippen molar-refractivity contribution in [3.05, 3.63) is 29.8 Å². The number of unbranched alkanes of at least 4 members (excludes halogenated alkanes) is 7. The van der Waals surface area contributed by atoms with Crippen LogP contribution >= 0.6 is 0 Å². The van der Waals surface area contributed by atoms with E-state index >= 15 is 0 Å². The summed E-state index contributed by atoms with van der Waals surface area (Å²) in [6.07, 6.45) is 23.7. The van der Waals surface area contributed by atoms with Gasteiger partial charge in [0.15, 0.2) is 0 Å². The number of hydrogen-bond acceptors (Lipinski definition) is 1. The molecule has 0 bridgehead atoms. The molecule has 0 amide bonds. The zero-order valence-corrected chi connectivity index (χ0v) is 19.6. The van der Waals surface area contributed by atoms with Gasteiger partial charge in [0.2, 0.25) is 0 Å². The predicted octanol–water partition coefficient (Wildman–Crippen LogP) is 9.14. The van der Waals surface area contributed by atoms with E-state index in [0.29, 0.717) is 0 Å². The summed E-state index contributed by atoms with van der Waals surface area (Å²) in [6, 6.07) is 8.87. The molecule has 0 unspecified atom stereocenters. The van der Waals surface area contributed by atoms with Crippen LogP contribution in [0.25, 0.3) is 0 Å². The Balaban J connectivity index is 1.49. The number of ether oxygens (including phenoxy) is 1. The molecule has 0 radical (unpaired) electrons. The monoisotopic (exact) mass is 400 g/mol. The summed E-state index contributed by atoms with van der Waals surface area (Å²) in [4.78, 5) is 0. The van der Waals surface area contributed by atoms with E-state index in [1.54, 1.807) is 0 Å². The van der Waals surface area contributed by atoms with Gasteiger partial charge in [0.1, 0.15) is 5.75 Å². The van der Waals surface area contributed by atoms with Crippen LogP contribution < -0.4 is 4.74 Å². The van der Waals surface area contributed by atoms with Gasteiger partial charge >= 0.3 is 0 Å². The SMILES string of the molecule is CCCCCCCc1ccc(OCCCC2CCC(CCCCCC)CC2)cc1. The van der Waals surface area contributed by atoms with Crippen molar-refractivity contribution >= 4 is 0 Å². The third kappa shape index (κ3) is 11.1. The molecule has 0 atom stereocenters. The molecule has 1 aliphatic carbocycles. The highest BCUT2D eigenvalue weighted by Crippen LogP contribution is 2.34. The van der Waals surface area contributed by atoms with Crippen LogP contribution in [-0.2, 0) is 6.42 Å². The van der Waals surface area contributed by atoms with Gasteiger partial charge in [0.05, 0.1) is 6.61 Å². The maximum absolute atomic E-state index is 6.01. The molecular weight excluding hydrogens is 352 g/mol. The molecule has 166 valence electrons. The highest BCUT2D eigenvalue weighted by molar-refractivity contribution is 5.27. The fourth-order valence-electron chi connectivity index (χ4n) is 4.92. The summed E-state index contributed by atoms with van der Waals surface area (Å²) < 4.78 is 6.01. The molecule has 0 N–H and O–H groups in total. The fraction of sp³-hybridized carbons (Fsp3) is 0.786. The van der Waals surface area contributed by atoms with Crippen molar-refractivity contribution < 1.29 is 4.74 Å². The lowest BCUT2D eigenvalue weighted by Crippen LogP contribution is -2.15. The van der Waals surface area contributed by atoms with Crippen molar-refractivity contribution in [2.45, 2.75) is 123 Å². The minimum Gasteiger partial charge on any atom is -0.494 e. The highest BCUT2D eigenvalue weighted by Gasteiger charge is 2.20. The third-order valence-electron chi connectivity index (χ3n) is 6.95. The van der Waals surface area contributed by atoms with Gasteiger partial charge in [0, 0.05) is 0 Å². The largest absolute Gasteiger partial charge is 0.494 e. The summed E-state index contributed by atoms with van der Waals surface area (Å²) in [6.45, 7) is 5.47. The summed E-state index contributed by atoms with van der Waals surface area (Å²) >= 11 is 0. The van der Waals surface area contributed by atoms with Crippen LogP contribution in [0, 0.1) is 11.8 Å². The summed E-state index contributed by atoms with van der Waals surface area (Å²) in [5, 5.41) is 0. The average molecular weight is 401 g/mol. The van der Waals surface area contributed by atoms with Crippen LogP contribution in [0.4, 0.5) is 0 Å². The first-order chi connectivity index (χ1) is 14.3. The van der Waals surface area contributed by atoms with Crippen LogP contribution in [0.5, 0.6) is 5.75 Å². The summed E-state index contributed by atoms with van der Waals surface area (Å²) in [5.41, 5.74) is 1.46. The molecule has 1 heteroatoms. The van der Waals surface area contributed by atoms with Crippen LogP contribution in [0.1, 0.15) is 122 Å². The topological polar surface area (TPSA) is 9.23 Å². The molecule has 0 saturated heterocycles. The molecule has 1 aromatic rings. The Hall–Kier alpha value is -0.980. The second kappa shape index (κ2) is 15.8. The molecule has 1 saturated carbocycles. The van der Waals surface area contributed by atoms with Gasteiger partial charge in [-0.2, -0.15) is 0 Å². The second-order valence-corrected chi connectivity index (χ2v) is 9.53. The van der Waals surface area contributed by atoms with E-state index in [9.17, 15) is 0 Å². The third-order valence-corrected chi connectivity index (χ3v) is 6.95. The minimum absolute atomic E-state index is 0.882. The molecule has 0 spiro atoms. The first-order valence-electron chi connectivity index (χ1n) is 13.0. The molecular formula is C28H48O. The molecule has 0 heterocycles. The molecule has 29 heavy (non-hydrogen) atoms. The molecule has 1 aliphatic rings. The second-order valence-electron chi connectivity index (χ2n) is 9.53. The summed E-state index contributed by atoms with van der Waals surface area (Å²) in [5.74, 6) is 3.04. The van der Waals surface area contributed by atoms with Crippen LogP contribution in [0.2, 0.25) is 0 Å². The van der Waals surface area contributed by atoms with Crippen molar-refractivity contribution in [3.8, 4) is 5.75 Å². The van der Waals surface area contributed by atoms with Crippen molar-refractivity contribution in [3.63, 3.8) is 0 Å². The fourth-order valence-corrected chi connectivity index (χ4v) is 4.92. The van der Waals surface area contributed by atoms with E-state index in [1.165, 1.54) is 115 Å². The normalized spacial score (nSPS) is 19.4. The zero-order chi connectivity index (χ0) is 20.6. The molecule has 1 fully saturated rings. The van der Waals surface area contributed by atoms with Crippen molar-refractivity contribution in [1.29, 1.82) is 0 Å². The zero-order valence-electron chi connectivity index (χ0n) is 19.6. The van der Waals surface area contributed by atoms with E-state index in [2.05, 4.69) is 38.1 Å². The minimum atomic E-state index is 0.882. The van der Waals surface area contributed by atoms with Gasteiger partial charge in [0.25, 0.3) is 0 Å². The lowest BCUT2D eigenvalue weighted by Gasteiger charge is -2.28. The number of rotatable bonds is 16. The van der Waals surface area contributed by atoms with Crippen molar-refractivity contribution in [1.82, 2.24) is 0 Å². The molecule has 2 rings (SSSR count). The van der Waals surface area contributed by atoms with E-state index < -0.39 is 0 Å². The maximum Gasteiger partial charge on any atom is 0.119 e. The van der Waals surface area contributed by atoms with Gasteiger partial charge in [-0.1, -0.05) is 109 Å². The van der Waals surface area contributed by atoms with E-state index in [0.717, 1.165) is 24.2 Å². The molecule has 1 aromatic carbocycles. The number of benzene rings is 1. The average Bonchev–Trinajstić information content (AvgIpc) is 2.76. The first-order valence-corrected chi connectivity index (χ1v) is 13.0. The quantitative estimate of drug-likeness (QED) is 0.251. The van der Waals surface area contributed by atoms with Crippen LogP contribution in [0.15, 0.2) is 24.3 Å². The first kappa shape index (κ1) is 24.3. The Morgan fingerprint density at radius 3 is 1.83 bits per heavy atom. The van der Waals surface area contributed by atoms with Gasteiger partial charge in [-0.25, -0.2) is 0 Å². The smallest absolute Gasteiger partial charge is 0.119 e. The lowest BCUT2D eigenvalue weighted by atomic mass is 9.78. The van der Waals surface area contributed by atoms with E-state index in [4.69, 9.17) is 4.74 Å². The predicted molar refractivity (Wildman–Crippen MR) is 128 cm³/mol. The van der Waals surface area contributed by atoms with Crippen molar-refractivity contribution in [2.75, 3.05) is 6.61 Å². The number of aryl methyl sites for hydroxylation is 1. The molecule has 0 aromatic heterocycles. The van der Waals surface area contributed by atoms with Gasteiger partial charge < -0.3 is 4.74 Å². The summed E-state index contributed by atoms with van der Waals surface area (Å²) in [7, 11) is 0. The van der Waals surface area contributed by atoms with Crippen LogP contribution in [0.3, 0.4) is 0 Å². The Labute approximate surface area is 182 Å². The van der Waals surface area contributed by atoms with Gasteiger partial charge in [-0.3, -0.25) is 0 Å². The lowest BCUT2D eigenvalue weighted by molar-refractivity contribution is 0.228. The Morgan fingerprint density at radius 2 is 1.21 bits per heavy atom. The Morgan fingerprint density at radius 1 is 0.655 bits per heavy atom. The maximum atomic E-state index is 6.01. The van der Waals surface area contributed by atoms with E-state index in [1.807, 2.05) is 0 Å². The van der Waals surface area contributed by atoms with Crippen molar-refractivity contribution in [2.24, 2.45) is 11.8 Å².